The molecule has 0 radical (unpaired) electrons. The quantitative estimate of drug-likeness (QED) is 0.408. The summed E-state index contributed by atoms with van der Waals surface area (Å²) in [4.78, 5) is 8.04. The fourth-order valence-electron chi connectivity index (χ4n) is 3.32. The lowest BCUT2D eigenvalue weighted by atomic mass is 10.0. The molecule has 22 heavy (non-hydrogen) atoms. The zero-order valence-electron chi connectivity index (χ0n) is 11.8. The number of aromatic amines is 1. The molecule has 0 fully saturated rings. The van der Waals surface area contributed by atoms with Crippen molar-refractivity contribution in [3.8, 4) is 0 Å². The molecular formula is C19H13N3. The molecule has 0 aliphatic carbocycles. The fraction of sp³-hybridized carbons (Fsp3) is 0. The standard InChI is InChI=1S/C19H13N3/c20-19-15-9-14-12-6-2-3-7-16(12)21-18(14)10-13(15)11-5-1-4-8-17(11)22-19/h1-10,21H,(H2,20,22). The maximum Gasteiger partial charge on any atom is 0.132 e. The first-order chi connectivity index (χ1) is 10.8. The van der Waals surface area contributed by atoms with Crippen molar-refractivity contribution < 1.29 is 0 Å². The van der Waals surface area contributed by atoms with E-state index in [1.807, 2.05) is 24.3 Å². The normalized spacial score (nSPS) is 11.8. The summed E-state index contributed by atoms with van der Waals surface area (Å²) in [6, 6.07) is 20.8. The lowest BCUT2D eigenvalue weighted by Gasteiger charge is -2.07. The number of hydrogen-bond donors (Lipinski definition) is 2. The highest BCUT2D eigenvalue weighted by Crippen LogP contribution is 2.34. The van der Waals surface area contributed by atoms with Crippen LogP contribution < -0.4 is 5.73 Å². The fourth-order valence-corrected chi connectivity index (χ4v) is 3.32. The minimum atomic E-state index is 0.584. The molecule has 0 aliphatic rings. The molecule has 3 N–H and O–H groups in total. The summed E-state index contributed by atoms with van der Waals surface area (Å²) >= 11 is 0. The van der Waals surface area contributed by atoms with Gasteiger partial charge < -0.3 is 10.7 Å². The number of rotatable bonds is 0. The average Bonchev–Trinajstić information content (AvgIpc) is 2.91. The lowest BCUT2D eigenvalue weighted by molar-refractivity contribution is 1.45. The van der Waals surface area contributed by atoms with E-state index in [1.165, 1.54) is 10.8 Å². The van der Waals surface area contributed by atoms with E-state index in [9.17, 15) is 0 Å². The monoisotopic (exact) mass is 283 g/mol. The number of anilines is 1. The second-order valence-corrected chi connectivity index (χ2v) is 5.63. The smallest absolute Gasteiger partial charge is 0.132 e. The number of fused-ring (bicyclic) bond motifs is 6. The van der Waals surface area contributed by atoms with Crippen molar-refractivity contribution in [2.75, 3.05) is 5.73 Å². The molecule has 0 amide bonds. The predicted octanol–water partition coefficient (Wildman–Crippen LogP) is 4.60. The van der Waals surface area contributed by atoms with E-state index in [-0.39, 0.29) is 0 Å². The van der Waals surface area contributed by atoms with Crippen molar-refractivity contribution in [1.82, 2.24) is 9.97 Å². The molecule has 5 rings (SSSR count). The second-order valence-electron chi connectivity index (χ2n) is 5.63. The molecule has 2 heterocycles. The minimum absolute atomic E-state index is 0.584. The van der Waals surface area contributed by atoms with Gasteiger partial charge in [-0.3, -0.25) is 0 Å². The molecule has 104 valence electrons. The summed E-state index contributed by atoms with van der Waals surface area (Å²) in [6.45, 7) is 0. The van der Waals surface area contributed by atoms with E-state index < -0.39 is 0 Å². The molecular weight excluding hydrogens is 270 g/mol. The van der Waals surface area contributed by atoms with Crippen LogP contribution in [0.1, 0.15) is 0 Å². The number of nitrogens with zero attached hydrogens (tertiary/aromatic N) is 1. The molecule has 0 atom stereocenters. The lowest BCUT2D eigenvalue weighted by Crippen LogP contribution is -1.93. The highest BCUT2D eigenvalue weighted by molar-refractivity contribution is 6.18. The maximum atomic E-state index is 6.20. The topological polar surface area (TPSA) is 54.7 Å². The van der Waals surface area contributed by atoms with Crippen LogP contribution in [0.15, 0.2) is 60.7 Å². The first-order valence-corrected chi connectivity index (χ1v) is 7.30. The molecule has 3 heteroatoms. The van der Waals surface area contributed by atoms with E-state index in [0.717, 1.165) is 32.7 Å². The highest BCUT2D eigenvalue weighted by atomic mass is 14.8. The summed E-state index contributed by atoms with van der Waals surface area (Å²) in [5.74, 6) is 0.584. The Labute approximate surface area is 126 Å². The molecule has 3 aromatic carbocycles. The molecule has 0 spiro atoms. The molecule has 5 aromatic rings. The Morgan fingerprint density at radius 3 is 2.36 bits per heavy atom. The number of aromatic nitrogens is 2. The second kappa shape index (κ2) is 3.98. The Hall–Kier alpha value is -3.07. The first kappa shape index (κ1) is 11.6. The molecule has 2 aromatic heterocycles. The van der Waals surface area contributed by atoms with Crippen LogP contribution in [0.4, 0.5) is 5.82 Å². The van der Waals surface area contributed by atoms with Gasteiger partial charge in [0.15, 0.2) is 0 Å². The Kier molecular flexibility index (Phi) is 2.09. The minimum Gasteiger partial charge on any atom is -0.383 e. The van der Waals surface area contributed by atoms with E-state index in [0.29, 0.717) is 5.82 Å². The van der Waals surface area contributed by atoms with Crippen molar-refractivity contribution in [2.45, 2.75) is 0 Å². The van der Waals surface area contributed by atoms with Gasteiger partial charge in [-0.15, -0.1) is 0 Å². The van der Waals surface area contributed by atoms with Gasteiger partial charge >= 0.3 is 0 Å². The number of benzene rings is 3. The van der Waals surface area contributed by atoms with Gasteiger partial charge in [0.1, 0.15) is 5.82 Å². The summed E-state index contributed by atoms with van der Waals surface area (Å²) in [7, 11) is 0. The number of nitrogen functional groups attached to an aromatic ring is 1. The van der Waals surface area contributed by atoms with E-state index in [2.05, 4.69) is 46.4 Å². The average molecular weight is 283 g/mol. The van der Waals surface area contributed by atoms with Crippen LogP contribution in [0.2, 0.25) is 0 Å². The van der Waals surface area contributed by atoms with Crippen molar-refractivity contribution in [2.24, 2.45) is 0 Å². The Balaban J connectivity index is 2.07. The van der Waals surface area contributed by atoms with E-state index in [4.69, 9.17) is 5.73 Å². The van der Waals surface area contributed by atoms with Crippen LogP contribution in [0.3, 0.4) is 0 Å². The molecule has 0 aliphatic heterocycles. The maximum absolute atomic E-state index is 6.20. The third-order valence-electron chi connectivity index (χ3n) is 4.36. The van der Waals surface area contributed by atoms with Gasteiger partial charge in [-0.1, -0.05) is 36.4 Å². The predicted molar refractivity (Wildman–Crippen MR) is 93.0 cm³/mol. The molecule has 0 saturated heterocycles. The summed E-state index contributed by atoms with van der Waals surface area (Å²) in [6.07, 6.45) is 0. The largest absolute Gasteiger partial charge is 0.383 e. The van der Waals surface area contributed by atoms with Crippen molar-refractivity contribution in [3.05, 3.63) is 60.7 Å². The summed E-state index contributed by atoms with van der Waals surface area (Å²) < 4.78 is 0. The van der Waals surface area contributed by atoms with Crippen LogP contribution in [-0.4, -0.2) is 9.97 Å². The van der Waals surface area contributed by atoms with Crippen LogP contribution in [0.5, 0.6) is 0 Å². The number of pyridine rings is 1. The van der Waals surface area contributed by atoms with Crippen molar-refractivity contribution in [1.29, 1.82) is 0 Å². The SMILES string of the molecule is Nc1nc2ccccc2c2cc3[nH]c4ccccc4c3cc12. The molecule has 0 saturated carbocycles. The third kappa shape index (κ3) is 1.42. The van der Waals surface area contributed by atoms with Gasteiger partial charge in [0.2, 0.25) is 0 Å². The van der Waals surface area contributed by atoms with Crippen LogP contribution >= 0.6 is 0 Å². The molecule has 0 unspecified atom stereocenters. The highest BCUT2D eigenvalue weighted by Gasteiger charge is 2.10. The van der Waals surface area contributed by atoms with Gasteiger partial charge in [0.25, 0.3) is 0 Å². The van der Waals surface area contributed by atoms with Crippen molar-refractivity contribution in [3.63, 3.8) is 0 Å². The number of H-pyrrole nitrogens is 1. The zero-order valence-corrected chi connectivity index (χ0v) is 11.8. The Bertz CT molecular complexity index is 1190. The van der Waals surface area contributed by atoms with E-state index >= 15 is 0 Å². The van der Waals surface area contributed by atoms with Gasteiger partial charge in [0.05, 0.1) is 5.52 Å². The number of para-hydroxylation sites is 2. The van der Waals surface area contributed by atoms with E-state index in [1.54, 1.807) is 0 Å². The molecule has 3 nitrogen and oxygen atoms in total. The number of hydrogen-bond acceptors (Lipinski definition) is 2. The summed E-state index contributed by atoms with van der Waals surface area (Å²) in [5.41, 5.74) is 9.41. The van der Waals surface area contributed by atoms with Crippen LogP contribution in [-0.2, 0) is 0 Å². The zero-order chi connectivity index (χ0) is 14.7. The summed E-state index contributed by atoms with van der Waals surface area (Å²) in [5, 5.41) is 5.68. The number of nitrogens with two attached hydrogens (primary N) is 1. The van der Waals surface area contributed by atoms with Gasteiger partial charge in [-0.2, -0.15) is 0 Å². The van der Waals surface area contributed by atoms with Gasteiger partial charge in [0, 0.05) is 32.6 Å². The van der Waals surface area contributed by atoms with Crippen LogP contribution in [0.25, 0.3) is 43.5 Å². The third-order valence-corrected chi connectivity index (χ3v) is 4.36. The Morgan fingerprint density at radius 2 is 1.45 bits per heavy atom. The van der Waals surface area contributed by atoms with Crippen LogP contribution in [0, 0.1) is 0 Å². The number of nitrogens with one attached hydrogen (secondary N) is 1. The molecule has 0 bridgehead atoms. The van der Waals surface area contributed by atoms with Crippen molar-refractivity contribution >= 4 is 49.3 Å². The van der Waals surface area contributed by atoms with Gasteiger partial charge in [-0.05, 0) is 29.7 Å². The Morgan fingerprint density at radius 1 is 0.682 bits per heavy atom. The first-order valence-electron chi connectivity index (χ1n) is 7.30. The van der Waals surface area contributed by atoms with Gasteiger partial charge in [-0.25, -0.2) is 4.98 Å².